The third kappa shape index (κ3) is 1.56. The van der Waals surface area contributed by atoms with Gasteiger partial charge in [0.25, 0.3) is 0 Å². The summed E-state index contributed by atoms with van der Waals surface area (Å²) in [5.41, 5.74) is 0.671. The van der Waals surface area contributed by atoms with Gasteiger partial charge < -0.3 is 9.30 Å². The molecule has 82 valence electrons. The van der Waals surface area contributed by atoms with Crippen LogP contribution in [0.15, 0.2) is 12.1 Å². The predicted octanol–water partition coefficient (Wildman–Crippen LogP) is 0.919. The van der Waals surface area contributed by atoms with Gasteiger partial charge in [0.2, 0.25) is 0 Å². The van der Waals surface area contributed by atoms with Crippen molar-refractivity contribution in [2.45, 2.75) is 13.2 Å². The summed E-state index contributed by atoms with van der Waals surface area (Å²) in [5.74, 6) is 1.53. The molecular weight excluding hydrogens is 230 g/mol. The van der Waals surface area contributed by atoms with Gasteiger partial charge in [0, 0.05) is 6.54 Å². The molecule has 0 spiro atoms. The van der Waals surface area contributed by atoms with E-state index < -0.39 is 0 Å². The first-order valence-corrected chi connectivity index (χ1v) is 5.22. The van der Waals surface area contributed by atoms with Crippen LogP contribution in [0.5, 0.6) is 0 Å². The average molecular weight is 238 g/mol. The van der Waals surface area contributed by atoms with Gasteiger partial charge in [-0.2, -0.15) is 0 Å². The lowest BCUT2D eigenvalue weighted by atomic mass is 10.3. The highest BCUT2D eigenvalue weighted by atomic mass is 35.5. The Morgan fingerprint density at radius 2 is 2.12 bits per heavy atom. The molecule has 3 heterocycles. The van der Waals surface area contributed by atoms with E-state index in [1.54, 1.807) is 12.1 Å². The molecule has 0 radical (unpaired) electrons. The lowest BCUT2D eigenvalue weighted by molar-refractivity contribution is 0.0820. The number of ether oxygens (including phenoxy) is 1. The molecule has 0 N–H and O–H groups in total. The molecule has 0 saturated carbocycles. The summed E-state index contributed by atoms with van der Waals surface area (Å²) in [6, 6.07) is 3.47. The highest BCUT2D eigenvalue weighted by Gasteiger charge is 2.18. The molecule has 3 rings (SSSR count). The summed E-state index contributed by atoms with van der Waals surface area (Å²) in [4.78, 5) is 0. The van der Waals surface area contributed by atoms with Crippen molar-refractivity contribution in [3.05, 3.63) is 23.1 Å². The van der Waals surface area contributed by atoms with Crippen molar-refractivity contribution in [2.24, 2.45) is 0 Å². The molecule has 1 aliphatic heterocycles. The van der Waals surface area contributed by atoms with Crippen LogP contribution in [0.3, 0.4) is 0 Å². The van der Waals surface area contributed by atoms with Gasteiger partial charge in [-0.15, -0.1) is 20.4 Å². The van der Waals surface area contributed by atoms with Crippen molar-refractivity contribution in [1.29, 1.82) is 0 Å². The van der Waals surface area contributed by atoms with Crippen molar-refractivity contribution in [1.82, 2.24) is 25.0 Å². The number of fused-ring (bicyclic) bond motifs is 1. The molecule has 6 nitrogen and oxygen atoms in total. The summed E-state index contributed by atoms with van der Waals surface area (Å²) in [5, 5.41) is 16.3. The lowest BCUT2D eigenvalue weighted by Crippen LogP contribution is -2.17. The zero-order valence-corrected chi connectivity index (χ0v) is 9.05. The van der Waals surface area contributed by atoms with Crippen LogP contribution in [0.2, 0.25) is 5.15 Å². The summed E-state index contributed by atoms with van der Waals surface area (Å²) >= 11 is 5.68. The number of nitrogens with zero attached hydrogens (tertiary/aromatic N) is 5. The normalized spacial score (nSPS) is 14.8. The van der Waals surface area contributed by atoms with Crippen LogP contribution >= 0.6 is 11.6 Å². The van der Waals surface area contributed by atoms with Gasteiger partial charge in [-0.1, -0.05) is 11.6 Å². The number of hydrogen-bond donors (Lipinski definition) is 0. The van der Waals surface area contributed by atoms with Gasteiger partial charge in [0.1, 0.15) is 12.3 Å². The van der Waals surface area contributed by atoms with Gasteiger partial charge in [-0.25, -0.2) is 0 Å². The van der Waals surface area contributed by atoms with Crippen molar-refractivity contribution in [2.75, 3.05) is 6.61 Å². The minimum Gasteiger partial charge on any atom is -0.372 e. The van der Waals surface area contributed by atoms with E-state index in [2.05, 4.69) is 20.4 Å². The van der Waals surface area contributed by atoms with E-state index in [0.29, 0.717) is 29.9 Å². The quantitative estimate of drug-likeness (QED) is 0.738. The Morgan fingerprint density at radius 1 is 1.19 bits per heavy atom. The molecule has 0 amide bonds. The molecule has 1 aliphatic rings. The predicted molar refractivity (Wildman–Crippen MR) is 55.7 cm³/mol. The van der Waals surface area contributed by atoms with E-state index >= 15 is 0 Å². The van der Waals surface area contributed by atoms with Crippen molar-refractivity contribution < 1.29 is 4.74 Å². The first-order chi connectivity index (χ1) is 7.84. The molecule has 0 aromatic carbocycles. The van der Waals surface area contributed by atoms with E-state index in [1.807, 2.05) is 4.57 Å². The second-order valence-electron chi connectivity index (χ2n) is 3.39. The third-order valence-electron chi connectivity index (χ3n) is 2.38. The summed E-state index contributed by atoms with van der Waals surface area (Å²) in [6.07, 6.45) is 0. The SMILES string of the molecule is Clc1ccc(-c2nnc3n2CCOC3)nn1. The zero-order chi connectivity index (χ0) is 11.0. The Kier molecular flexibility index (Phi) is 2.30. The van der Waals surface area contributed by atoms with E-state index in [9.17, 15) is 0 Å². The van der Waals surface area contributed by atoms with Crippen LogP contribution < -0.4 is 0 Å². The highest BCUT2D eigenvalue weighted by molar-refractivity contribution is 6.29. The molecule has 0 saturated heterocycles. The summed E-state index contributed by atoms with van der Waals surface area (Å²) in [7, 11) is 0. The van der Waals surface area contributed by atoms with Crippen LogP contribution in [0.25, 0.3) is 11.5 Å². The molecule has 0 atom stereocenters. The fraction of sp³-hybridized carbons (Fsp3) is 0.333. The molecule has 0 aliphatic carbocycles. The van der Waals surface area contributed by atoms with Crippen molar-refractivity contribution in [3.63, 3.8) is 0 Å². The Labute approximate surface area is 96.2 Å². The fourth-order valence-corrected chi connectivity index (χ4v) is 1.72. The van der Waals surface area contributed by atoms with E-state index in [-0.39, 0.29) is 0 Å². The smallest absolute Gasteiger partial charge is 0.184 e. The standard InChI is InChI=1S/C9H8ClN5O/c10-7-2-1-6(11-12-7)9-14-13-8-5-16-4-3-15(8)9/h1-2H,3-5H2. The average Bonchev–Trinajstić information content (AvgIpc) is 2.74. The van der Waals surface area contributed by atoms with Crippen LogP contribution in [-0.2, 0) is 17.9 Å². The Balaban J connectivity index is 2.06. The van der Waals surface area contributed by atoms with Crippen LogP contribution in [0.4, 0.5) is 0 Å². The van der Waals surface area contributed by atoms with E-state index in [1.165, 1.54) is 0 Å². The Bertz CT molecular complexity index is 509. The van der Waals surface area contributed by atoms with Gasteiger partial charge >= 0.3 is 0 Å². The van der Waals surface area contributed by atoms with Crippen molar-refractivity contribution in [3.8, 4) is 11.5 Å². The minimum absolute atomic E-state index is 0.366. The first-order valence-electron chi connectivity index (χ1n) is 4.84. The second-order valence-corrected chi connectivity index (χ2v) is 3.77. The van der Waals surface area contributed by atoms with Crippen LogP contribution in [-0.4, -0.2) is 31.6 Å². The van der Waals surface area contributed by atoms with Gasteiger partial charge in [-0.05, 0) is 12.1 Å². The fourth-order valence-electron chi connectivity index (χ4n) is 1.62. The molecule has 0 bridgehead atoms. The first kappa shape index (κ1) is 9.68. The minimum atomic E-state index is 0.366. The molecule has 0 fully saturated rings. The number of rotatable bonds is 1. The molecule has 16 heavy (non-hydrogen) atoms. The maximum absolute atomic E-state index is 5.68. The Hall–Kier alpha value is -1.53. The highest BCUT2D eigenvalue weighted by Crippen LogP contribution is 2.18. The second kappa shape index (κ2) is 3.80. The molecule has 2 aromatic heterocycles. The number of halogens is 1. The van der Waals surface area contributed by atoms with Gasteiger partial charge in [0.15, 0.2) is 16.8 Å². The molecule has 7 heteroatoms. The maximum Gasteiger partial charge on any atom is 0.184 e. The lowest BCUT2D eigenvalue weighted by Gasteiger charge is -2.14. The molecule has 2 aromatic rings. The third-order valence-corrected chi connectivity index (χ3v) is 2.58. The number of hydrogen-bond acceptors (Lipinski definition) is 5. The maximum atomic E-state index is 5.68. The van der Waals surface area contributed by atoms with Crippen molar-refractivity contribution >= 4 is 11.6 Å². The topological polar surface area (TPSA) is 65.7 Å². The molecule has 0 unspecified atom stereocenters. The summed E-state index contributed by atoms with van der Waals surface area (Å²) in [6.45, 7) is 1.90. The van der Waals surface area contributed by atoms with E-state index in [0.717, 1.165) is 12.4 Å². The zero-order valence-electron chi connectivity index (χ0n) is 8.30. The van der Waals surface area contributed by atoms with Crippen LogP contribution in [0.1, 0.15) is 5.82 Å². The summed E-state index contributed by atoms with van der Waals surface area (Å²) < 4.78 is 7.27. The van der Waals surface area contributed by atoms with Gasteiger partial charge in [-0.3, -0.25) is 0 Å². The monoisotopic (exact) mass is 237 g/mol. The largest absolute Gasteiger partial charge is 0.372 e. The number of aromatic nitrogens is 5. The molecular formula is C9H8ClN5O. The van der Waals surface area contributed by atoms with Crippen LogP contribution in [0, 0.1) is 0 Å². The Morgan fingerprint density at radius 3 is 2.94 bits per heavy atom. The van der Waals surface area contributed by atoms with Gasteiger partial charge in [0.05, 0.1) is 6.61 Å². The van der Waals surface area contributed by atoms with E-state index in [4.69, 9.17) is 16.3 Å².